The van der Waals surface area contributed by atoms with Crippen molar-refractivity contribution in [3.63, 3.8) is 0 Å². The molecule has 4 aliphatic rings. The van der Waals surface area contributed by atoms with E-state index in [-0.39, 0.29) is 30.7 Å². The Labute approximate surface area is 236 Å². The average Bonchev–Trinajstić information content (AvgIpc) is 3.75. The van der Waals surface area contributed by atoms with Crippen LogP contribution in [0.15, 0.2) is 36.7 Å². The maximum atomic E-state index is 12.7. The number of methoxy groups -OCH3 is 1. The van der Waals surface area contributed by atoms with E-state index in [1.165, 1.54) is 41.0 Å². The summed E-state index contributed by atoms with van der Waals surface area (Å²) in [7, 11) is -2.08. The summed E-state index contributed by atoms with van der Waals surface area (Å²) in [5, 5.41) is 0. The summed E-state index contributed by atoms with van der Waals surface area (Å²) < 4.78 is 37.9. The van der Waals surface area contributed by atoms with Crippen molar-refractivity contribution in [1.82, 2.24) is 14.3 Å². The van der Waals surface area contributed by atoms with E-state index in [2.05, 4.69) is 37.8 Å². The number of hydrogen-bond donors (Lipinski definition) is 0. The van der Waals surface area contributed by atoms with Gasteiger partial charge < -0.3 is 14.4 Å². The van der Waals surface area contributed by atoms with Crippen LogP contribution in [-0.4, -0.2) is 73.8 Å². The predicted octanol–water partition coefficient (Wildman–Crippen LogP) is 3.95. The van der Waals surface area contributed by atoms with Crippen LogP contribution in [0.2, 0.25) is 0 Å². The second-order valence-corrected chi connectivity index (χ2v) is 13.5. The minimum Gasteiger partial charge on any atom is -0.490 e. The van der Waals surface area contributed by atoms with Crippen LogP contribution in [0.4, 0.5) is 5.95 Å². The smallest absolute Gasteiger partial charge is 0.305 e. The van der Waals surface area contributed by atoms with Crippen LogP contribution in [0.5, 0.6) is 5.75 Å². The lowest BCUT2D eigenvalue weighted by molar-refractivity contribution is -0.140. The largest absolute Gasteiger partial charge is 0.490 e. The van der Waals surface area contributed by atoms with Crippen LogP contribution in [0, 0.1) is 5.92 Å². The molecule has 0 spiro atoms. The summed E-state index contributed by atoms with van der Waals surface area (Å²) in [6, 6.07) is 6.40. The number of piperidine rings is 1. The molecule has 10 heteroatoms. The highest BCUT2D eigenvalue weighted by Crippen LogP contribution is 2.40. The topological polar surface area (TPSA) is 102 Å². The van der Waals surface area contributed by atoms with E-state index < -0.39 is 10.0 Å². The van der Waals surface area contributed by atoms with Crippen LogP contribution in [-0.2, 0) is 26.0 Å². The van der Waals surface area contributed by atoms with Gasteiger partial charge in [-0.25, -0.2) is 18.4 Å². The van der Waals surface area contributed by atoms with E-state index in [1.54, 1.807) is 0 Å². The lowest BCUT2D eigenvalue weighted by Crippen LogP contribution is -2.40. The zero-order valence-electron chi connectivity index (χ0n) is 23.1. The van der Waals surface area contributed by atoms with Gasteiger partial charge in [0.2, 0.25) is 16.0 Å². The molecule has 40 heavy (non-hydrogen) atoms. The van der Waals surface area contributed by atoms with Gasteiger partial charge in [-0.3, -0.25) is 4.79 Å². The Morgan fingerprint density at radius 3 is 2.55 bits per heavy atom. The molecule has 2 aromatic rings. The molecule has 1 saturated heterocycles. The maximum Gasteiger partial charge on any atom is 0.305 e. The Kier molecular flexibility index (Phi) is 7.81. The molecule has 2 fully saturated rings. The van der Waals surface area contributed by atoms with Crippen molar-refractivity contribution >= 4 is 27.5 Å². The number of benzene rings is 1. The summed E-state index contributed by atoms with van der Waals surface area (Å²) in [6.07, 6.45) is 12.8. The Bertz CT molecular complexity index is 1360. The molecule has 214 valence electrons. The van der Waals surface area contributed by atoms with E-state index in [1.807, 2.05) is 18.5 Å². The summed E-state index contributed by atoms with van der Waals surface area (Å²) in [4.78, 5) is 22.9. The Morgan fingerprint density at radius 2 is 1.88 bits per heavy atom. The van der Waals surface area contributed by atoms with Crippen LogP contribution >= 0.6 is 0 Å². The van der Waals surface area contributed by atoms with Crippen LogP contribution in [0.3, 0.4) is 0 Å². The van der Waals surface area contributed by atoms with Gasteiger partial charge in [0, 0.05) is 51.4 Å². The molecular formula is C30H38N4O5S. The highest BCUT2D eigenvalue weighted by Gasteiger charge is 2.34. The summed E-state index contributed by atoms with van der Waals surface area (Å²) in [5.41, 5.74) is 4.83. The molecule has 4 heterocycles. The Balaban J connectivity index is 1.01. The first kappa shape index (κ1) is 27.2. The number of carbonyl (C=O) groups is 1. The number of rotatable bonds is 9. The molecule has 1 aromatic heterocycles. The lowest BCUT2D eigenvalue weighted by Gasteiger charge is -2.34. The molecule has 6 rings (SSSR count). The van der Waals surface area contributed by atoms with E-state index >= 15 is 0 Å². The molecule has 1 aromatic carbocycles. The van der Waals surface area contributed by atoms with Gasteiger partial charge >= 0.3 is 5.97 Å². The highest BCUT2D eigenvalue weighted by molar-refractivity contribution is 7.89. The van der Waals surface area contributed by atoms with Gasteiger partial charge in [0.15, 0.2) is 0 Å². The van der Waals surface area contributed by atoms with Gasteiger partial charge in [-0.2, -0.15) is 4.31 Å². The quantitative estimate of drug-likeness (QED) is 0.421. The number of carbonyl (C=O) groups excluding carboxylic acids is 1. The van der Waals surface area contributed by atoms with E-state index in [9.17, 15) is 13.2 Å². The van der Waals surface area contributed by atoms with Gasteiger partial charge in [-0.1, -0.05) is 12.1 Å². The predicted molar refractivity (Wildman–Crippen MR) is 153 cm³/mol. The summed E-state index contributed by atoms with van der Waals surface area (Å²) in [6.45, 7) is 2.71. The van der Waals surface area contributed by atoms with Crippen molar-refractivity contribution in [2.75, 3.05) is 43.9 Å². The molecule has 0 bridgehead atoms. The molecule has 0 radical (unpaired) electrons. The molecule has 1 saturated carbocycles. The lowest BCUT2D eigenvalue weighted by atomic mass is 9.88. The van der Waals surface area contributed by atoms with Crippen molar-refractivity contribution in [2.24, 2.45) is 5.92 Å². The van der Waals surface area contributed by atoms with Crippen molar-refractivity contribution in [3.8, 4) is 5.75 Å². The van der Waals surface area contributed by atoms with E-state index in [4.69, 9.17) is 4.74 Å². The number of hydrogen-bond acceptors (Lipinski definition) is 8. The number of nitrogens with zero attached hydrogens (tertiary/aromatic N) is 4. The Morgan fingerprint density at radius 1 is 1.10 bits per heavy atom. The fourth-order valence-electron chi connectivity index (χ4n) is 6.13. The van der Waals surface area contributed by atoms with Crippen LogP contribution in [0.25, 0.3) is 5.57 Å². The molecular weight excluding hydrogens is 528 g/mol. The molecule has 3 aliphatic heterocycles. The number of fused-ring (bicyclic) bond motifs is 1. The molecule has 1 unspecified atom stereocenters. The number of esters is 1. The first-order valence-electron chi connectivity index (χ1n) is 14.5. The number of aromatic nitrogens is 2. The van der Waals surface area contributed by atoms with Gasteiger partial charge in [-0.15, -0.1) is 0 Å². The zero-order chi connectivity index (χ0) is 27.7. The fourth-order valence-corrected chi connectivity index (χ4v) is 7.57. The van der Waals surface area contributed by atoms with Crippen molar-refractivity contribution in [1.29, 1.82) is 0 Å². The van der Waals surface area contributed by atoms with Gasteiger partial charge in [0.25, 0.3) is 0 Å². The SMILES string of the molecule is COC(=O)CCCS(=O)(=O)N1CC=C(c2ccc3c(c2)CC(C2CCN(c4ncc(C5CC5)cn4)CC2)O3)CC1. The van der Waals surface area contributed by atoms with E-state index in [0.717, 1.165) is 49.6 Å². The average molecular weight is 567 g/mol. The van der Waals surface area contributed by atoms with Gasteiger partial charge in [-0.05, 0) is 84.8 Å². The number of ether oxygens (including phenoxy) is 2. The minimum absolute atomic E-state index is 0.0402. The minimum atomic E-state index is -3.40. The van der Waals surface area contributed by atoms with Crippen molar-refractivity contribution < 1.29 is 22.7 Å². The summed E-state index contributed by atoms with van der Waals surface area (Å²) in [5.74, 6) is 2.58. The summed E-state index contributed by atoms with van der Waals surface area (Å²) >= 11 is 0. The second-order valence-electron chi connectivity index (χ2n) is 11.4. The highest BCUT2D eigenvalue weighted by atomic mass is 32.2. The first-order chi connectivity index (χ1) is 19.4. The molecule has 1 atom stereocenters. The van der Waals surface area contributed by atoms with Gasteiger partial charge in [0.05, 0.1) is 12.9 Å². The second kappa shape index (κ2) is 11.5. The molecule has 0 amide bonds. The van der Waals surface area contributed by atoms with Gasteiger partial charge in [0.1, 0.15) is 11.9 Å². The third-order valence-corrected chi connectivity index (χ3v) is 10.7. The number of sulfonamides is 1. The Hall–Kier alpha value is -2.98. The molecule has 0 N–H and O–H groups in total. The van der Waals surface area contributed by atoms with Crippen molar-refractivity contribution in [3.05, 3.63) is 53.4 Å². The third-order valence-electron chi connectivity index (χ3n) is 8.76. The maximum absolute atomic E-state index is 12.7. The standard InChI is InChI=1S/C30H38N4O5S/c1-38-29(35)3-2-16-40(36,37)34-14-10-22(11-15-34)24-6-7-27-25(17-24)18-28(39-27)23-8-12-33(13-9-23)30-31-19-26(20-32-30)21-4-5-21/h6-7,10,17,19-21,23,28H,2-5,8-9,11-16,18H2,1H3. The normalized spacial score (nSPS) is 22.0. The zero-order valence-corrected chi connectivity index (χ0v) is 23.9. The number of anilines is 1. The third kappa shape index (κ3) is 6.02. The molecule has 1 aliphatic carbocycles. The molecule has 9 nitrogen and oxygen atoms in total. The monoisotopic (exact) mass is 566 g/mol. The van der Waals surface area contributed by atoms with Crippen LogP contribution in [0.1, 0.15) is 67.6 Å². The van der Waals surface area contributed by atoms with E-state index in [0.29, 0.717) is 31.3 Å². The first-order valence-corrected chi connectivity index (χ1v) is 16.1. The van der Waals surface area contributed by atoms with Crippen LogP contribution < -0.4 is 9.64 Å². The fraction of sp³-hybridized carbons (Fsp3) is 0.567. The van der Waals surface area contributed by atoms with Crippen molar-refractivity contribution in [2.45, 2.75) is 63.4 Å².